The molecule has 0 radical (unpaired) electrons. The summed E-state index contributed by atoms with van der Waals surface area (Å²) in [5.41, 5.74) is 2.66. The molecule has 0 aromatic heterocycles. The summed E-state index contributed by atoms with van der Waals surface area (Å²) in [6.45, 7) is 6.96. The van der Waals surface area contributed by atoms with Crippen LogP contribution in [0.2, 0.25) is 5.02 Å². The van der Waals surface area contributed by atoms with Gasteiger partial charge >= 0.3 is 0 Å². The number of rotatable bonds is 3. The highest BCUT2D eigenvalue weighted by Crippen LogP contribution is 2.27. The smallest absolute Gasteiger partial charge is 0.0408 e. The van der Waals surface area contributed by atoms with Crippen molar-refractivity contribution in [2.45, 2.75) is 32.4 Å². The van der Waals surface area contributed by atoms with Crippen LogP contribution in [0.5, 0.6) is 0 Å². The molecule has 2 bridgehead atoms. The molecule has 3 aliphatic heterocycles. The summed E-state index contributed by atoms with van der Waals surface area (Å²) < 4.78 is 0. The lowest BCUT2D eigenvalue weighted by Crippen LogP contribution is -2.55. The van der Waals surface area contributed by atoms with Crippen LogP contribution in [0.1, 0.15) is 24.0 Å². The monoisotopic (exact) mass is 264 g/mol. The minimum absolute atomic E-state index is 0.683. The highest BCUT2D eigenvalue weighted by molar-refractivity contribution is 6.30. The number of nitrogens with zero attached hydrogens (tertiary/aromatic N) is 1. The zero-order valence-corrected chi connectivity index (χ0v) is 11.7. The van der Waals surface area contributed by atoms with Crippen molar-refractivity contribution < 1.29 is 0 Å². The van der Waals surface area contributed by atoms with E-state index in [0.717, 1.165) is 17.5 Å². The minimum atomic E-state index is 0.683. The normalized spacial score (nSPS) is 30.7. The Bertz CT molecular complexity index is 425. The molecule has 3 fully saturated rings. The highest BCUT2D eigenvalue weighted by atomic mass is 35.5. The first kappa shape index (κ1) is 12.5. The van der Waals surface area contributed by atoms with Crippen molar-refractivity contribution in [1.82, 2.24) is 10.2 Å². The Kier molecular flexibility index (Phi) is 3.60. The lowest BCUT2D eigenvalue weighted by molar-refractivity contribution is 0.0720. The van der Waals surface area contributed by atoms with E-state index in [1.807, 2.05) is 6.07 Å². The van der Waals surface area contributed by atoms with Crippen LogP contribution in [-0.2, 0) is 6.54 Å². The number of fused-ring (bicyclic) bond motifs is 3. The largest absolute Gasteiger partial charge is 0.308 e. The summed E-state index contributed by atoms with van der Waals surface area (Å²) in [4.78, 5) is 2.59. The maximum atomic E-state index is 5.99. The van der Waals surface area contributed by atoms with Gasteiger partial charge in [-0.05, 0) is 62.0 Å². The fraction of sp³-hybridized carbons (Fsp3) is 0.600. The molecule has 98 valence electrons. The van der Waals surface area contributed by atoms with Crippen LogP contribution in [-0.4, -0.2) is 30.6 Å². The van der Waals surface area contributed by atoms with E-state index < -0.39 is 0 Å². The first-order chi connectivity index (χ1) is 8.72. The van der Waals surface area contributed by atoms with E-state index in [4.69, 9.17) is 11.6 Å². The minimum Gasteiger partial charge on any atom is -0.308 e. The van der Waals surface area contributed by atoms with Gasteiger partial charge in [-0.15, -0.1) is 0 Å². The molecule has 0 spiro atoms. The fourth-order valence-corrected chi connectivity index (χ4v) is 3.52. The van der Waals surface area contributed by atoms with Crippen LogP contribution < -0.4 is 5.32 Å². The third-order valence-electron chi connectivity index (χ3n) is 4.52. The van der Waals surface area contributed by atoms with E-state index in [-0.39, 0.29) is 0 Å². The van der Waals surface area contributed by atoms with Crippen molar-refractivity contribution in [2.75, 3.05) is 19.6 Å². The number of halogens is 1. The maximum Gasteiger partial charge on any atom is 0.0408 e. The Morgan fingerprint density at radius 3 is 2.72 bits per heavy atom. The molecule has 1 aromatic rings. The van der Waals surface area contributed by atoms with Crippen LogP contribution in [0.4, 0.5) is 0 Å². The van der Waals surface area contributed by atoms with E-state index in [1.165, 1.54) is 43.6 Å². The molecule has 3 heterocycles. The van der Waals surface area contributed by atoms with Gasteiger partial charge in [-0.25, -0.2) is 0 Å². The molecule has 1 N–H and O–H groups in total. The Morgan fingerprint density at radius 1 is 1.33 bits per heavy atom. The summed E-state index contributed by atoms with van der Waals surface area (Å²) >= 11 is 5.99. The van der Waals surface area contributed by atoms with Crippen LogP contribution in [0.15, 0.2) is 18.2 Å². The van der Waals surface area contributed by atoms with Gasteiger partial charge in [-0.2, -0.15) is 0 Å². The molecule has 0 amide bonds. The predicted octanol–water partition coefficient (Wildman–Crippen LogP) is 2.83. The van der Waals surface area contributed by atoms with Crippen molar-refractivity contribution in [2.24, 2.45) is 5.92 Å². The molecule has 0 saturated carbocycles. The molecule has 1 aromatic carbocycles. The second-order valence-corrected chi connectivity index (χ2v) is 6.13. The van der Waals surface area contributed by atoms with Gasteiger partial charge in [0.05, 0.1) is 0 Å². The second-order valence-electron chi connectivity index (χ2n) is 5.70. The first-order valence-corrected chi connectivity index (χ1v) is 7.31. The van der Waals surface area contributed by atoms with E-state index in [0.29, 0.717) is 6.04 Å². The average Bonchev–Trinajstić information content (AvgIpc) is 2.39. The van der Waals surface area contributed by atoms with Gasteiger partial charge in [0.15, 0.2) is 0 Å². The van der Waals surface area contributed by atoms with Gasteiger partial charge in [0.2, 0.25) is 0 Å². The third-order valence-corrected chi connectivity index (χ3v) is 4.75. The molecule has 1 unspecified atom stereocenters. The Morgan fingerprint density at radius 2 is 2.11 bits per heavy atom. The van der Waals surface area contributed by atoms with Gasteiger partial charge < -0.3 is 10.2 Å². The lowest BCUT2D eigenvalue weighted by atomic mass is 9.84. The van der Waals surface area contributed by atoms with E-state index in [9.17, 15) is 0 Å². The molecule has 3 aliphatic rings. The molecule has 4 rings (SSSR count). The molecule has 1 atom stereocenters. The number of aryl methyl sites for hydroxylation is 1. The molecule has 2 nitrogen and oxygen atoms in total. The number of piperidine rings is 3. The van der Waals surface area contributed by atoms with Crippen LogP contribution in [0, 0.1) is 12.8 Å². The predicted molar refractivity (Wildman–Crippen MR) is 76.0 cm³/mol. The summed E-state index contributed by atoms with van der Waals surface area (Å²) in [5, 5.41) is 4.58. The Hall–Kier alpha value is -0.570. The van der Waals surface area contributed by atoms with Gasteiger partial charge in [0.1, 0.15) is 0 Å². The summed E-state index contributed by atoms with van der Waals surface area (Å²) in [7, 11) is 0. The fourth-order valence-electron chi connectivity index (χ4n) is 3.30. The van der Waals surface area contributed by atoms with Crippen molar-refractivity contribution in [3.8, 4) is 0 Å². The molecule has 18 heavy (non-hydrogen) atoms. The van der Waals surface area contributed by atoms with Crippen molar-refractivity contribution in [3.63, 3.8) is 0 Å². The van der Waals surface area contributed by atoms with Crippen molar-refractivity contribution in [1.29, 1.82) is 0 Å². The third kappa shape index (κ3) is 2.56. The summed E-state index contributed by atoms with van der Waals surface area (Å²) in [6, 6.07) is 6.87. The van der Waals surface area contributed by atoms with E-state index in [2.05, 4.69) is 29.3 Å². The molecule has 3 heteroatoms. The average molecular weight is 265 g/mol. The molecule has 0 aliphatic carbocycles. The summed E-state index contributed by atoms with van der Waals surface area (Å²) in [6.07, 6.45) is 2.74. The van der Waals surface area contributed by atoms with Crippen LogP contribution >= 0.6 is 11.6 Å². The van der Waals surface area contributed by atoms with Crippen LogP contribution in [0.3, 0.4) is 0 Å². The quantitative estimate of drug-likeness (QED) is 0.903. The lowest BCUT2D eigenvalue weighted by Gasteiger charge is -2.45. The van der Waals surface area contributed by atoms with Crippen LogP contribution in [0.25, 0.3) is 0 Å². The highest BCUT2D eigenvalue weighted by Gasteiger charge is 2.33. The topological polar surface area (TPSA) is 15.3 Å². The number of nitrogens with one attached hydrogen (secondary N) is 1. The van der Waals surface area contributed by atoms with Gasteiger partial charge in [0, 0.05) is 24.2 Å². The van der Waals surface area contributed by atoms with Crippen molar-refractivity contribution in [3.05, 3.63) is 34.3 Å². The zero-order valence-electron chi connectivity index (χ0n) is 11.0. The zero-order chi connectivity index (χ0) is 12.5. The molecular weight excluding hydrogens is 244 g/mol. The van der Waals surface area contributed by atoms with Gasteiger partial charge in [-0.1, -0.05) is 17.7 Å². The summed E-state index contributed by atoms with van der Waals surface area (Å²) in [5.74, 6) is 0.891. The SMILES string of the molecule is Cc1cc(Cl)ccc1CNC1CN2CCC1CC2. The number of hydrogen-bond donors (Lipinski definition) is 1. The second kappa shape index (κ2) is 5.20. The van der Waals surface area contributed by atoms with E-state index in [1.54, 1.807) is 0 Å². The Balaban J connectivity index is 1.61. The van der Waals surface area contributed by atoms with Gasteiger partial charge in [-0.3, -0.25) is 0 Å². The standard InChI is InChI=1S/C15H21ClN2/c1-11-8-14(16)3-2-13(11)9-17-15-10-18-6-4-12(15)5-7-18/h2-3,8,12,15,17H,4-7,9-10H2,1H3. The molecule has 3 saturated heterocycles. The van der Waals surface area contributed by atoms with Gasteiger partial charge in [0.25, 0.3) is 0 Å². The van der Waals surface area contributed by atoms with E-state index >= 15 is 0 Å². The number of benzene rings is 1. The molecular formula is C15H21ClN2. The Labute approximate surface area is 114 Å². The van der Waals surface area contributed by atoms with Crippen molar-refractivity contribution >= 4 is 11.6 Å². The first-order valence-electron chi connectivity index (χ1n) is 6.93. The maximum absolute atomic E-state index is 5.99. The number of hydrogen-bond acceptors (Lipinski definition) is 2.